The summed E-state index contributed by atoms with van der Waals surface area (Å²) in [6, 6.07) is 0. The van der Waals surface area contributed by atoms with Crippen LogP contribution < -0.4 is 9.79 Å². The average Bonchev–Trinajstić information content (AvgIpc) is 2.50. The maximum Gasteiger partial charge on any atom is 2.00 e. The second-order valence-corrected chi connectivity index (χ2v) is 9.78. The van der Waals surface area contributed by atoms with Gasteiger partial charge in [0.15, 0.2) is 0 Å². The summed E-state index contributed by atoms with van der Waals surface area (Å²) in [5.41, 5.74) is 0. The van der Waals surface area contributed by atoms with E-state index in [0.717, 1.165) is 0 Å². The van der Waals surface area contributed by atoms with Crippen LogP contribution in [0, 0.1) is 0 Å². The monoisotopic (exact) mass is 422 g/mol. The van der Waals surface area contributed by atoms with Gasteiger partial charge in [0.25, 0.3) is 0 Å². The van der Waals surface area contributed by atoms with E-state index in [9.17, 15) is 28.5 Å². The standard InChI is InChI=1S/2C6H13O4P.Zn/c2*1-3-11(8,9)5-4-6(7)10-2;/h2*3-5H2,1-2H3,(H,8,9);/q;;+2/p-2. The molecular formula is C12H24O8P2Zn. The van der Waals surface area contributed by atoms with Gasteiger partial charge in [0.2, 0.25) is 0 Å². The number of hydrogen-bond acceptors (Lipinski definition) is 8. The molecule has 132 valence electrons. The molecule has 0 amide bonds. The Morgan fingerprint density at radius 1 is 0.826 bits per heavy atom. The van der Waals surface area contributed by atoms with Crippen LogP contribution in [-0.4, -0.2) is 50.8 Å². The molecule has 0 saturated heterocycles. The molecule has 0 saturated carbocycles. The van der Waals surface area contributed by atoms with Crippen molar-refractivity contribution in [1.29, 1.82) is 0 Å². The SMILES string of the molecule is CCP(=O)([O-])CCC(=O)OC.CCP(=O)([O-])CCC(=O)OC.[Zn+2]. The maximum atomic E-state index is 10.8. The summed E-state index contributed by atoms with van der Waals surface area (Å²) >= 11 is 0. The fraction of sp³-hybridized carbons (Fsp3) is 0.833. The molecule has 0 rings (SSSR count). The summed E-state index contributed by atoms with van der Waals surface area (Å²) < 4.78 is 30.3. The minimum absolute atomic E-state index is 0. The van der Waals surface area contributed by atoms with E-state index in [1.807, 2.05) is 0 Å². The van der Waals surface area contributed by atoms with Crippen LogP contribution in [0.15, 0.2) is 0 Å². The van der Waals surface area contributed by atoms with Gasteiger partial charge in [0, 0.05) is 14.7 Å². The first-order valence-electron chi connectivity index (χ1n) is 6.75. The molecule has 11 heteroatoms. The first-order chi connectivity index (χ1) is 10.0. The molecule has 0 aromatic carbocycles. The van der Waals surface area contributed by atoms with E-state index < -0.39 is 26.7 Å². The molecule has 0 aliphatic carbocycles. The van der Waals surface area contributed by atoms with Crippen molar-refractivity contribution in [3.8, 4) is 0 Å². The summed E-state index contributed by atoms with van der Waals surface area (Å²) in [5.74, 6) is -0.955. The van der Waals surface area contributed by atoms with Crippen LogP contribution in [0.5, 0.6) is 0 Å². The summed E-state index contributed by atoms with van der Waals surface area (Å²) in [5, 5.41) is 0. The van der Waals surface area contributed by atoms with Crippen molar-refractivity contribution in [3.05, 3.63) is 0 Å². The number of esters is 2. The Kier molecular flexibility index (Phi) is 17.3. The number of ether oxygens (including phenoxy) is 2. The fourth-order valence-electron chi connectivity index (χ4n) is 1.04. The second kappa shape index (κ2) is 14.3. The fourth-order valence-corrected chi connectivity index (χ4v) is 2.72. The van der Waals surface area contributed by atoms with Crippen molar-refractivity contribution in [3.63, 3.8) is 0 Å². The number of carbonyl (C=O) groups excluding carboxylic acids is 2. The molecule has 0 aromatic rings. The van der Waals surface area contributed by atoms with Crippen molar-refractivity contribution in [2.24, 2.45) is 0 Å². The molecule has 0 radical (unpaired) electrons. The Hall–Kier alpha value is -0.0566. The Morgan fingerprint density at radius 3 is 1.26 bits per heavy atom. The van der Waals surface area contributed by atoms with Gasteiger partial charge in [-0.1, -0.05) is 13.8 Å². The van der Waals surface area contributed by atoms with Crippen LogP contribution in [0.4, 0.5) is 0 Å². The van der Waals surface area contributed by atoms with Crippen LogP contribution in [-0.2, 0) is 47.7 Å². The van der Waals surface area contributed by atoms with E-state index in [4.69, 9.17) is 0 Å². The van der Waals surface area contributed by atoms with Gasteiger partial charge in [0.1, 0.15) is 0 Å². The van der Waals surface area contributed by atoms with E-state index in [2.05, 4.69) is 9.47 Å². The zero-order valence-corrected chi connectivity index (χ0v) is 18.9. The smallest absolute Gasteiger partial charge is 0.799 e. The summed E-state index contributed by atoms with van der Waals surface area (Å²) in [4.78, 5) is 42.7. The molecule has 0 fully saturated rings. The Bertz CT molecular complexity index is 401. The Labute approximate surface area is 150 Å². The van der Waals surface area contributed by atoms with Gasteiger partial charge < -0.3 is 28.4 Å². The molecule has 0 aliphatic rings. The van der Waals surface area contributed by atoms with Crippen LogP contribution in [0.25, 0.3) is 0 Å². The molecule has 0 heterocycles. The third-order valence-corrected chi connectivity index (χ3v) is 6.47. The van der Waals surface area contributed by atoms with Crippen molar-refractivity contribution in [2.75, 3.05) is 38.9 Å². The maximum absolute atomic E-state index is 10.8. The largest absolute Gasteiger partial charge is 2.00 e. The molecule has 0 N–H and O–H groups in total. The second-order valence-electron chi connectivity index (χ2n) is 4.36. The van der Waals surface area contributed by atoms with Gasteiger partial charge in [0.05, 0.1) is 27.1 Å². The topological polar surface area (TPSA) is 133 Å². The third kappa shape index (κ3) is 18.1. The van der Waals surface area contributed by atoms with Crippen LogP contribution in [0.1, 0.15) is 26.7 Å². The van der Waals surface area contributed by atoms with Crippen molar-refractivity contribution < 1.29 is 57.5 Å². The minimum Gasteiger partial charge on any atom is -0.799 e. The number of hydrogen-bond donors (Lipinski definition) is 0. The van der Waals surface area contributed by atoms with Gasteiger partial charge in [-0.15, -0.1) is 0 Å². The molecule has 0 aromatic heterocycles. The molecule has 8 nitrogen and oxygen atoms in total. The first-order valence-corrected chi connectivity index (χ1v) is 10.7. The van der Waals surface area contributed by atoms with Gasteiger partial charge in [-0.25, -0.2) is 0 Å². The van der Waals surface area contributed by atoms with Gasteiger partial charge in [-0.2, -0.15) is 0 Å². The molecule has 2 unspecified atom stereocenters. The molecule has 2 atom stereocenters. The number of methoxy groups -OCH3 is 2. The van der Waals surface area contributed by atoms with Gasteiger partial charge >= 0.3 is 31.4 Å². The van der Waals surface area contributed by atoms with Gasteiger partial charge in [-0.05, 0) is 24.6 Å². The van der Waals surface area contributed by atoms with E-state index in [0.29, 0.717) is 0 Å². The number of rotatable bonds is 8. The van der Waals surface area contributed by atoms with Crippen LogP contribution in [0.3, 0.4) is 0 Å². The Balaban J connectivity index is -0.000000333. The molecule has 23 heavy (non-hydrogen) atoms. The van der Waals surface area contributed by atoms with Crippen molar-refractivity contribution in [2.45, 2.75) is 26.7 Å². The van der Waals surface area contributed by atoms with E-state index >= 15 is 0 Å². The normalized spacial score (nSPS) is 14.9. The summed E-state index contributed by atoms with van der Waals surface area (Å²) in [7, 11) is -4.10. The van der Waals surface area contributed by atoms with Crippen molar-refractivity contribution >= 4 is 26.7 Å². The van der Waals surface area contributed by atoms with E-state index in [1.165, 1.54) is 14.2 Å². The first kappa shape index (κ1) is 27.8. The summed E-state index contributed by atoms with van der Waals surface area (Å²) in [6.45, 7) is 3.12. The summed E-state index contributed by atoms with van der Waals surface area (Å²) in [6.07, 6.45) is -0.0451. The van der Waals surface area contributed by atoms with E-state index in [-0.39, 0.29) is 57.0 Å². The average molecular weight is 424 g/mol. The molecular weight excluding hydrogens is 399 g/mol. The van der Waals surface area contributed by atoms with Gasteiger partial charge in [-0.3, -0.25) is 9.59 Å². The third-order valence-electron chi connectivity index (χ3n) is 2.73. The van der Waals surface area contributed by atoms with Crippen LogP contribution in [0.2, 0.25) is 0 Å². The molecule has 0 aliphatic heterocycles. The zero-order chi connectivity index (χ0) is 17.8. The predicted octanol–water partition coefficient (Wildman–Crippen LogP) is 0.413. The van der Waals surface area contributed by atoms with E-state index in [1.54, 1.807) is 13.8 Å². The van der Waals surface area contributed by atoms with Crippen LogP contribution >= 0.6 is 14.7 Å². The zero-order valence-electron chi connectivity index (χ0n) is 14.1. The minimum atomic E-state index is -3.29. The quantitative estimate of drug-likeness (QED) is 0.311. The molecule has 0 spiro atoms. The Morgan fingerprint density at radius 2 is 1.09 bits per heavy atom. The molecule has 0 bridgehead atoms. The predicted molar refractivity (Wildman–Crippen MR) is 79.3 cm³/mol. The number of carbonyl (C=O) groups is 2. The van der Waals surface area contributed by atoms with Crippen molar-refractivity contribution in [1.82, 2.24) is 0 Å².